The molecule has 1 aliphatic heterocycles. The minimum Gasteiger partial charge on any atom is -0.318 e. The summed E-state index contributed by atoms with van der Waals surface area (Å²) in [6, 6.07) is 11.3. The van der Waals surface area contributed by atoms with E-state index in [0.29, 0.717) is 18.0 Å². The third kappa shape index (κ3) is 2.93. The summed E-state index contributed by atoms with van der Waals surface area (Å²) in [5, 5.41) is 5.06. The van der Waals surface area contributed by atoms with Crippen molar-refractivity contribution in [2.24, 2.45) is 0 Å². The van der Waals surface area contributed by atoms with Gasteiger partial charge < -0.3 is 5.32 Å². The number of halogens is 1. The third-order valence-corrected chi connectivity index (χ3v) is 6.58. The minimum absolute atomic E-state index is 0.0515. The first kappa shape index (κ1) is 15.9. The number of hydrogen-bond donors (Lipinski definition) is 1. The van der Waals surface area contributed by atoms with Gasteiger partial charge in [0.25, 0.3) is 0 Å². The van der Waals surface area contributed by atoms with Gasteiger partial charge in [-0.15, -0.1) is 0 Å². The molecule has 0 radical (unpaired) electrons. The molecule has 22 heavy (non-hydrogen) atoms. The van der Waals surface area contributed by atoms with Gasteiger partial charge in [-0.1, -0.05) is 28.1 Å². The molecule has 1 atom stereocenters. The summed E-state index contributed by atoms with van der Waals surface area (Å²) in [6.07, 6.45) is 1.84. The zero-order chi connectivity index (χ0) is 15.7. The van der Waals surface area contributed by atoms with Crippen molar-refractivity contribution in [2.75, 3.05) is 20.1 Å². The average molecular weight is 383 g/mol. The predicted octanol–water partition coefficient (Wildman–Crippen LogP) is 2.97. The molecule has 0 amide bonds. The van der Waals surface area contributed by atoms with Crippen LogP contribution in [0.3, 0.4) is 0 Å². The van der Waals surface area contributed by atoms with Gasteiger partial charge in [0.15, 0.2) is 0 Å². The highest BCUT2D eigenvalue weighted by Gasteiger charge is 2.34. The molecule has 1 heterocycles. The van der Waals surface area contributed by atoms with Gasteiger partial charge in [-0.25, -0.2) is 8.42 Å². The normalized spacial score (nSPS) is 19.8. The van der Waals surface area contributed by atoms with Gasteiger partial charge in [-0.2, -0.15) is 4.31 Å². The number of nitrogens with zero attached hydrogens (tertiary/aromatic N) is 1. The number of benzene rings is 2. The highest BCUT2D eigenvalue weighted by Crippen LogP contribution is 2.28. The SMILES string of the molecule is CNCC1CCCN1S(=O)(=O)c1ccc2cc(Br)ccc2c1. The lowest BCUT2D eigenvalue weighted by atomic mass is 10.1. The van der Waals surface area contributed by atoms with Gasteiger partial charge in [0, 0.05) is 23.6 Å². The topological polar surface area (TPSA) is 49.4 Å². The van der Waals surface area contributed by atoms with E-state index in [9.17, 15) is 8.42 Å². The molecule has 0 aliphatic carbocycles. The summed E-state index contributed by atoms with van der Waals surface area (Å²) in [4.78, 5) is 0.380. The predicted molar refractivity (Wildman–Crippen MR) is 92.5 cm³/mol. The summed E-state index contributed by atoms with van der Waals surface area (Å²) in [6.45, 7) is 1.30. The molecule has 3 rings (SSSR count). The maximum Gasteiger partial charge on any atom is 0.243 e. The Bertz CT molecular complexity index is 792. The van der Waals surface area contributed by atoms with Gasteiger partial charge >= 0.3 is 0 Å². The quantitative estimate of drug-likeness (QED) is 0.883. The monoisotopic (exact) mass is 382 g/mol. The van der Waals surface area contributed by atoms with E-state index in [-0.39, 0.29) is 6.04 Å². The van der Waals surface area contributed by atoms with Crippen molar-refractivity contribution in [3.8, 4) is 0 Å². The molecule has 1 fully saturated rings. The second kappa shape index (κ2) is 6.28. The largest absolute Gasteiger partial charge is 0.318 e. The fourth-order valence-corrected chi connectivity index (χ4v) is 5.16. The smallest absolute Gasteiger partial charge is 0.243 e. The van der Waals surface area contributed by atoms with Crippen LogP contribution in [0.4, 0.5) is 0 Å². The first-order valence-corrected chi connectivity index (χ1v) is 9.61. The van der Waals surface area contributed by atoms with Crippen LogP contribution in [0.2, 0.25) is 0 Å². The van der Waals surface area contributed by atoms with Crippen molar-refractivity contribution in [1.82, 2.24) is 9.62 Å². The molecule has 1 saturated heterocycles. The second-order valence-corrected chi connectivity index (χ2v) is 8.43. The van der Waals surface area contributed by atoms with Crippen molar-refractivity contribution in [1.29, 1.82) is 0 Å². The molecule has 4 nitrogen and oxygen atoms in total. The molecule has 1 N–H and O–H groups in total. The fraction of sp³-hybridized carbons (Fsp3) is 0.375. The van der Waals surface area contributed by atoms with Crippen LogP contribution in [-0.4, -0.2) is 38.9 Å². The van der Waals surface area contributed by atoms with Gasteiger partial charge in [0.1, 0.15) is 0 Å². The van der Waals surface area contributed by atoms with E-state index < -0.39 is 10.0 Å². The van der Waals surface area contributed by atoms with Crippen LogP contribution in [0.5, 0.6) is 0 Å². The Hall–Kier alpha value is -0.950. The van der Waals surface area contributed by atoms with E-state index in [1.165, 1.54) is 0 Å². The minimum atomic E-state index is -3.43. The summed E-state index contributed by atoms with van der Waals surface area (Å²) in [5.74, 6) is 0. The summed E-state index contributed by atoms with van der Waals surface area (Å²) >= 11 is 3.44. The first-order valence-electron chi connectivity index (χ1n) is 7.38. The molecule has 118 valence electrons. The van der Waals surface area contributed by atoms with Gasteiger partial charge in [-0.05, 0) is 54.9 Å². The molecule has 0 aromatic heterocycles. The van der Waals surface area contributed by atoms with E-state index >= 15 is 0 Å². The zero-order valence-electron chi connectivity index (χ0n) is 12.4. The standard InChI is InChI=1S/C16H19BrN2O2S/c1-18-11-15-3-2-8-19(15)22(20,21)16-7-5-12-9-14(17)6-4-13(12)10-16/h4-7,9-10,15,18H,2-3,8,11H2,1H3. The third-order valence-electron chi connectivity index (χ3n) is 4.14. The van der Waals surface area contributed by atoms with Crippen LogP contribution in [-0.2, 0) is 10.0 Å². The highest BCUT2D eigenvalue weighted by molar-refractivity contribution is 9.10. The lowest BCUT2D eigenvalue weighted by molar-refractivity contribution is 0.379. The molecule has 1 aliphatic rings. The molecule has 2 aromatic rings. The Morgan fingerprint density at radius 1 is 1.23 bits per heavy atom. The first-order chi connectivity index (χ1) is 10.5. The van der Waals surface area contributed by atoms with Crippen LogP contribution in [0.25, 0.3) is 10.8 Å². The van der Waals surface area contributed by atoms with E-state index in [0.717, 1.165) is 28.1 Å². The molecule has 1 unspecified atom stereocenters. The number of sulfonamides is 1. The number of rotatable bonds is 4. The molecule has 0 bridgehead atoms. The Kier molecular flexibility index (Phi) is 4.54. The number of nitrogens with one attached hydrogen (secondary N) is 1. The summed E-state index contributed by atoms with van der Waals surface area (Å²) < 4.78 is 28.5. The fourth-order valence-electron chi connectivity index (χ4n) is 3.06. The molecule has 2 aromatic carbocycles. The average Bonchev–Trinajstić information content (AvgIpc) is 2.96. The Balaban J connectivity index is 2.00. The maximum atomic E-state index is 12.9. The van der Waals surface area contributed by atoms with Crippen LogP contribution >= 0.6 is 15.9 Å². The lowest BCUT2D eigenvalue weighted by Gasteiger charge is -2.24. The number of fused-ring (bicyclic) bond motifs is 1. The zero-order valence-corrected chi connectivity index (χ0v) is 14.8. The lowest BCUT2D eigenvalue weighted by Crippen LogP contribution is -2.40. The van der Waals surface area contributed by atoms with E-state index in [4.69, 9.17) is 0 Å². The van der Waals surface area contributed by atoms with Crippen molar-refractivity contribution in [3.63, 3.8) is 0 Å². The summed E-state index contributed by atoms with van der Waals surface area (Å²) in [5.41, 5.74) is 0. The molecule has 0 saturated carbocycles. The van der Waals surface area contributed by atoms with E-state index in [1.807, 2.05) is 31.3 Å². The molecular formula is C16H19BrN2O2S. The van der Waals surface area contributed by atoms with Crippen LogP contribution in [0, 0.1) is 0 Å². The Labute approximate surface area is 139 Å². The molecular weight excluding hydrogens is 364 g/mol. The highest BCUT2D eigenvalue weighted by atomic mass is 79.9. The van der Waals surface area contributed by atoms with Crippen LogP contribution < -0.4 is 5.32 Å². The molecule has 6 heteroatoms. The van der Waals surface area contributed by atoms with Crippen molar-refractivity contribution in [2.45, 2.75) is 23.8 Å². The van der Waals surface area contributed by atoms with Crippen LogP contribution in [0.1, 0.15) is 12.8 Å². The van der Waals surface area contributed by atoms with Gasteiger partial charge in [0.05, 0.1) is 4.90 Å². The van der Waals surface area contributed by atoms with Crippen molar-refractivity contribution >= 4 is 36.7 Å². The Morgan fingerprint density at radius 3 is 2.73 bits per heavy atom. The maximum absolute atomic E-state index is 12.9. The molecule has 0 spiro atoms. The van der Waals surface area contributed by atoms with Crippen LogP contribution in [0.15, 0.2) is 45.8 Å². The van der Waals surface area contributed by atoms with Crippen molar-refractivity contribution < 1.29 is 8.42 Å². The van der Waals surface area contributed by atoms with Gasteiger partial charge in [-0.3, -0.25) is 0 Å². The van der Waals surface area contributed by atoms with Gasteiger partial charge in [0.2, 0.25) is 10.0 Å². The Morgan fingerprint density at radius 2 is 1.95 bits per heavy atom. The van der Waals surface area contributed by atoms with E-state index in [2.05, 4.69) is 21.2 Å². The number of hydrogen-bond acceptors (Lipinski definition) is 3. The van der Waals surface area contributed by atoms with Crippen molar-refractivity contribution in [3.05, 3.63) is 40.9 Å². The van der Waals surface area contributed by atoms with E-state index in [1.54, 1.807) is 16.4 Å². The number of likely N-dealkylation sites (N-methyl/N-ethyl adjacent to an activating group) is 1. The second-order valence-electron chi connectivity index (χ2n) is 5.62. The summed E-state index contributed by atoms with van der Waals surface area (Å²) in [7, 11) is -1.57.